The van der Waals surface area contributed by atoms with Crippen molar-refractivity contribution in [1.82, 2.24) is 0 Å². The molecule has 0 aliphatic heterocycles. The second kappa shape index (κ2) is 3.26. The van der Waals surface area contributed by atoms with Crippen LogP contribution in [0.4, 0.5) is 0 Å². The second-order valence-corrected chi connectivity index (χ2v) is 2.67. The van der Waals surface area contributed by atoms with Crippen LogP contribution < -0.4 is 0 Å². The van der Waals surface area contributed by atoms with Gasteiger partial charge in [-0.3, -0.25) is 0 Å². The van der Waals surface area contributed by atoms with Gasteiger partial charge in [-0.2, -0.15) is 0 Å². The summed E-state index contributed by atoms with van der Waals surface area (Å²) >= 11 is 0. The van der Waals surface area contributed by atoms with E-state index < -0.39 is 0 Å². The van der Waals surface area contributed by atoms with Crippen molar-refractivity contribution in [3.05, 3.63) is 23.8 Å². The van der Waals surface area contributed by atoms with E-state index in [4.69, 9.17) is 5.11 Å². The Bertz CT molecular complexity index is 294. The molecule has 3 nitrogen and oxygen atoms in total. The second-order valence-electron chi connectivity index (χ2n) is 2.67. The van der Waals surface area contributed by atoms with Crippen LogP contribution in [-0.4, -0.2) is 16.5 Å². The van der Waals surface area contributed by atoms with Gasteiger partial charge in [0.2, 0.25) is 0 Å². The molecule has 1 rings (SSSR count). The van der Waals surface area contributed by atoms with Crippen LogP contribution in [0.15, 0.2) is 18.2 Å². The van der Waals surface area contributed by atoms with E-state index in [-0.39, 0.29) is 17.4 Å². The van der Waals surface area contributed by atoms with Crippen molar-refractivity contribution in [1.29, 1.82) is 0 Å². The van der Waals surface area contributed by atoms with Gasteiger partial charge in [-0.1, -0.05) is 13.0 Å². The Morgan fingerprint density at radius 3 is 2.58 bits per heavy atom. The van der Waals surface area contributed by atoms with E-state index in [0.717, 1.165) is 6.29 Å². The van der Waals surface area contributed by atoms with Gasteiger partial charge in [0, 0.05) is 17.5 Å². The zero-order chi connectivity index (χ0) is 9.14. The van der Waals surface area contributed by atoms with Crippen molar-refractivity contribution in [3.63, 3.8) is 0 Å². The molecule has 0 aliphatic carbocycles. The van der Waals surface area contributed by atoms with Gasteiger partial charge in [0.1, 0.15) is 17.8 Å². The standard InChI is InChI=1S/C9H10O3/c1-6(5-10)8-3-2-7(11)4-9(8)12/h2-6,11-12H,1H3. The fourth-order valence-electron chi connectivity index (χ4n) is 0.990. The lowest BCUT2D eigenvalue weighted by molar-refractivity contribution is -0.108. The first-order valence-electron chi connectivity index (χ1n) is 3.62. The maximum Gasteiger partial charge on any atom is 0.127 e. The van der Waals surface area contributed by atoms with Crippen molar-refractivity contribution in [2.45, 2.75) is 12.8 Å². The molecule has 0 spiro atoms. The minimum atomic E-state index is -0.342. The molecule has 64 valence electrons. The Morgan fingerprint density at radius 1 is 1.42 bits per heavy atom. The number of phenolic OH excluding ortho intramolecular Hbond substituents is 2. The first kappa shape index (κ1) is 8.59. The molecule has 0 aromatic heterocycles. The molecule has 0 radical (unpaired) electrons. The van der Waals surface area contributed by atoms with Crippen LogP contribution in [0.25, 0.3) is 0 Å². The number of carbonyl (C=O) groups is 1. The van der Waals surface area contributed by atoms with E-state index in [1.165, 1.54) is 18.2 Å². The third kappa shape index (κ3) is 1.56. The summed E-state index contributed by atoms with van der Waals surface area (Å²) in [5.41, 5.74) is 0.530. The fraction of sp³-hybridized carbons (Fsp3) is 0.222. The summed E-state index contributed by atoms with van der Waals surface area (Å²) in [6.07, 6.45) is 0.742. The highest BCUT2D eigenvalue weighted by Gasteiger charge is 2.08. The fourth-order valence-corrected chi connectivity index (χ4v) is 0.990. The van der Waals surface area contributed by atoms with E-state index >= 15 is 0 Å². The number of phenols is 2. The van der Waals surface area contributed by atoms with Crippen molar-refractivity contribution >= 4 is 6.29 Å². The lowest BCUT2D eigenvalue weighted by Crippen LogP contribution is -1.93. The molecule has 0 amide bonds. The van der Waals surface area contributed by atoms with Gasteiger partial charge in [-0.25, -0.2) is 0 Å². The Balaban J connectivity index is 3.09. The molecule has 12 heavy (non-hydrogen) atoms. The molecule has 1 atom stereocenters. The summed E-state index contributed by atoms with van der Waals surface area (Å²) in [5, 5.41) is 18.2. The minimum absolute atomic E-state index is 0.00523. The molecule has 2 N–H and O–H groups in total. The summed E-state index contributed by atoms with van der Waals surface area (Å²) < 4.78 is 0. The lowest BCUT2D eigenvalue weighted by atomic mass is 10.0. The van der Waals surface area contributed by atoms with Crippen molar-refractivity contribution < 1.29 is 15.0 Å². The molecule has 0 saturated carbocycles. The maximum absolute atomic E-state index is 10.4. The molecule has 0 fully saturated rings. The van der Waals surface area contributed by atoms with Gasteiger partial charge in [-0.15, -0.1) is 0 Å². The number of hydrogen-bond acceptors (Lipinski definition) is 3. The Hall–Kier alpha value is -1.51. The summed E-state index contributed by atoms with van der Waals surface area (Å²) in [6, 6.07) is 4.19. The highest BCUT2D eigenvalue weighted by molar-refractivity contribution is 5.64. The van der Waals surface area contributed by atoms with Gasteiger partial charge < -0.3 is 15.0 Å². The quantitative estimate of drug-likeness (QED) is 0.653. The van der Waals surface area contributed by atoms with Crippen LogP contribution in [-0.2, 0) is 4.79 Å². The van der Waals surface area contributed by atoms with Gasteiger partial charge in [0.05, 0.1) is 0 Å². The third-order valence-electron chi connectivity index (χ3n) is 1.71. The van der Waals surface area contributed by atoms with Gasteiger partial charge in [0.15, 0.2) is 0 Å². The molecule has 1 aromatic rings. The van der Waals surface area contributed by atoms with Crippen LogP contribution in [0.1, 0.15) is 18.4 Å². The summed E-state index contributed by atoms with van der Waals surface area (Å²) in [7, 11) is 0. The van der Waals surface area contributed by atoms with Crippen LogP contribution in [0.5, 0.6) is 11.5 Å². The topological polar surface area (TPSA) is 57.5 Å². The van der Waals surface area contributed by atoms with E-state index in [9.17, 15) is 9.90 Å². The molecule has 0 aliphatic rings. The first-order chi connectivity index (χ1) is 5.65. The van der Waals surface area contributed by atoms with Crippen molar-refractivity contribution in [3.8, 4) is 11.5 Å². The van der Waals surface area contributed by atoms with Crippen LogP contribution in [0, 0.1) is 0 Å². The highest BCUT2D eigenvalue weighted by atomic mass is 16.3. The molecular formula is C9H10O3. The number of rotatable bonds is 2. The highest BCUT2D eigenvalue weighted by Crippen LogP contribution is 2.27. The van der Waals surface area contributed by atoms with E-state index in [2.05, 4.69) is 0 Å². The average molecular weight is 166 g/mol. The summed E-state index contributed by atoms with van der Waals surface area (Å²) in [4.78, 5) is 10.4. The van der Waals surface area contributed by atoms with Gasteiger partial charge in [-0.05, 0) is 6.07 Å². The van der Waals surface area contributed by atoms with Gasteiger partial charge in [0.25, 0.3) is 0 Å². The predicted octanol–water partition coefficient (Wildman–Crippen LogP) is 1.40. The number of aldehydes is 1. The van der Waals surface area contributed by atoms with Crippen LogP contribution in [0.3, 0.4) is 0 Å². The Morgan fingerprint density at radius 2 is 2.08 bits per heavy atom. The first-order valence-corrected chi connectivity index (χ1v) is 3.62. The summed E-state index contributed by atoms with van der Waals surface area (Å²) in [5.74, 6) is -0.394. The molecule has 1 unspecified atom stereocenters. The molecule has 3 heteroatoms. The minimum Gasteiger partial charge on any atom is -0.508 e. The zero-order valence-corrected chi connectivity index (χ0v) is 6.69. The Labute approximate surface area is 70.3 Å². The maximum atomic E-state index is 10.4. The monoisotopic (exact) mass is 166 g/mol. The zero-order valence-electron chi connectivity index (χ0n) is 6.69. The third-order valence-corrected chi connectivity index (χ3v) is 1.71. The molecule has 0 bridgehead atoms. The number of hydrogen-bond donors (Lipinski definition) is 2. The number of benzene rings is 1. The van der Waals surface area contributed by atoms with Crippen molar-refractivity contribution in [2.24, 2.45) is 0 Å². The lowest BCUT2D eigenvalue weighted by Gasteiger charge is -2.06. The average Bonchev–Trinajstić information content (AvgIpc) is 2.03. The Kier molecular flexibility index (Phi) is 2.33. The number of aromatic hydroxyl groups is 2. The molecule has 0 heterocycles. The molecular weight excluding hydrogens is 156 g/mol. The van der Waals surface area contributed by atoms with E-state index in [0.29, 0.717) is 5.56 Å². The largest absolute Gasteiger partial charge is 0.508 e. The SMILES string of the molecule is CC(C=O)c1ccc(O)cc1O. The van der Waals surface area contributed by atoms with E-state index in [1.54, 1.807) is 6.92 Å². The van der Waals surface area contributed by atoms with E-state index in [1.807, 2.05) is 0 Å². The number of carbonyl (C=O) groups excluding carboxylic acids is 1. The molecule has 0 saturated heterocycles. The predicted molar refractivity (Wildman–Crippen MR) is 44.3 cm³/mol. The van der Waals surface area contributed by atoms with Crippen LogP contribution >= 0.6 is 0 Å². The normalized spacial score (nSPS) is 12.4. The molecule has 1 aromatic carbocycles. The van der Waals surface area contributed by atoms with Gasteiger partial charge >= 0.3 is 0 Å². The van der Waals surface area contributed by atoms with Crippen LogP contribution in [0.2, 0.25) is 0 Å². The smallest absolute Gasteiger partial charge is 0.127 e. The van der Waals surface area contributed by atoms with Crippen molar-refractivity contribution in [2.75, 3.05) is 0 Å². The summed E-state index contributed by atoms with van der Waals surface area (Å²) in [6.45, 7) is 1.68.